The fourth-order valence-corrected chi connectivity index (χ4v) is 3.84. The summed E-state index contributed by atoms with van der Waals surface area (Å²) >= 11 is 0. The summed E-state index contributed by atoms with van der Waals surface area (Å²) < 4.78 is 28.0. The average Bonchev–Trinajstić information content (AvgIpc) is 2.85. The molecule has 0 saturated heterocycles. The smallest absolute Gasteiger partial charge is 0.246 e. The maximum absolute atomic E-state index is 12.5. The Bertz CT molecular complexity index is 751. The number of aromatic nitrogens is 2. The topological polar surface area (TPSA) is 81.2 Å². The third-order valence-corrected chi connectivity index (χ3v) is 5.32. The molecule has 6 nitrogen and oxygen atoms in total. The normalized spacial score (nSPS) is 16.1. The molecule has 0 bridgehead atoms. The Morgan fingerprint density at radius 2 is 2.10 bits per heavy atom. The van der Waals surface area contributed by atoms with Crippen LogP contribution in [0, 0.1) is 0 Å². The number of fused-ring (bicyclic) bond motifs is 1. The van der Waals surface area contributed by atoms with E-state index >= 15 is 0 Å². The van der Waals surface area contributed by atoms with Crippen LogP contribution >= 0.6 is 0 Å². The second-order valence-electron chi connectivity index (χ2n) is 4.97. The molecule has 7 heteroatoms. The molecule has 0 atom stereocenters. The molecule has 2 N–H and O–H groups in total. The summed E-state index contributed by atoms with van der Waals surface area (Å²) in [5.41, 5.74) is 8.57. The van der Waals surface area contributed by atoms with Gasteiger partial charge in [-0.1, -0.05) is 6.07 Å². The first kappa shape index (κ1) is 13.1. The maximum atomic E-state index is 12.5. The van der Waals surface area contributed by atoms with Gasteiger partial charge in [0.1, 0.15) is 4.90 Å². The third kappa shape index (κ3) is 2.19. The van der Waals surface area contributed by atoms with Crippen LogP contribution in [0.15, 0.2) is 35.5 Å². The highest BCUT2D eigenvalue weighted by molar-refractivity contribution is 7.89. The van der Waals surface area contributed by atoms with Gasteiger partial charge in [-0.15, -0.1) is 0 Å². The second-order valence-corrected chi connectivity index (χ2v) is 6.90. The highest BCUT2D eigenvalue weighted by Crippen LogP contribution is 2.25. The molecule has 1 aromatic heterocycles. The van der Waals surface area contributed by atoms with E-state index in [4.69, 9.17) is 5.73 Å². The minimum Gasteiger partial charge on any atom is -0.399 e. The van der Waals surface area contributed by atoms with E-state index in [2.05, 4.69) is 5.10 Å². The monoisotopic (exact) mass is 292 g/mol. The van der Waals surface area contributed by atoms with Crippen LogP contribution in [0.4, 0.5) is 5.69 Å². The van der Waals surface area contributed by atoms with Crippen molar-refractivity contribution in [3.63, 3.8) is 0 Å². The van der Waals surface area contributed by atoms with E-state index in [9.17, 15) is 8.42 Å². The number of hydrogen-bond donors (Lipinski definition) is 1. The number of nitrogen functional groups attached to an aromatic ring is 1. The maximum Gasteiger partial charge on any atom is 0.246 e. The molecule has 0 aliphatic carbocycles. The number of nitrogens with two attached hydrogens (primary N) is 1. The van der Waals surface area contributed by atoms with Crippen molar-refractivity contribution in [2.75, 3.05) is 12.3 Å². The molecular weight excluding hydrogens is 276 g/mol. The SMILES string of the molecule is Cn1cc(S(=O)(=O)N2CCc3ccc(N)cc3C2)cn1. The van der Waals surface area contributed by atoms with Gasteiger partial charge in [0, 0.05) is 32.0 Å². The Balaban J connectivity index is 1.93. The van der Waals surface area contributed by atoms with Crippen LogP contribution in [0.3, 0.4) is 0 Å². The number of rotatable bonds is 2. The molecular formula is C13H16N4O2S. The van der Waals surface area contributed by atoms with Crippen LogP contribution in [-0.4, -0.2) is 29.0 Å². The fraction of sp³-hybridized carbons (Fsp3) is 0.308. The lowest BCUT2D eigenvalue weighted by atomic mass is 10.0. The fourth-order valence-electron chi connectivity index (χ4n) is 2.44. The first-order valence-electron chi connectivity index (χ1n) is 6.33. The summed E-state index contributed by atoms with van der Waals surface area (Å²) in [4.78, 5) is 0.229. The Kier molecular flexibility index (Phi) is 3.02. The largest absolute Gasteiger partial charge is 0.399 e. The molecule has 2 heterocycles. The number of aryl methyl sites for hydroxylation is 1. The molecule has 0 amide bonds. The lowest BCUT2D eigenvalue weighted by Gasteiger charge is -2.27. The lowest BCUT2D eigenvalue weighted by molar-refractivity contribution is 0.391. The summed E-state index contributed by atoms with van der Waals surface area (Å²) in [7, 11) is -1.79. The standard InChI is InChI=1S/C13H16N4O2S/c1-16-9-13(7-15-16)20(18,19)17-5-4-10-2-3-12(14)6-11(10)8-17/h2-3,6-7,9H,4-5,8,14H2,1H3. The first-order valence-corrected chi connectivity index (χ1v) is 7.77. The van der Waals surface area contributed by atoms with Gasteiger partial charge in [0.2, 0.25) is 10.0 Å². The van der Waals surface area contributed by atoms with E-state index in [0.717, 1.165) is 11.1 Å². The molecule has 1 aliphatic rings. The molecule has 1 aliphatic heterocycles. The van der Waals surface area contributed by atoms with E-state index in [1.165, 1.54) is 21.4 Å². The van der Waals surface area contributed by atoms with Gasteiger partial charge < -0.3 is 5.73 Å². The third-order valence-electron chi connectivity index (χ3n) is 3.53. The Labute approximate surface area is 117 Å². The van der Waals surface area contributed by atoms with Gasteiger partial charge >= 0.3 is 0 Å². The summed E-state index contributed by atoms with van der Waals surface area (Å²) in [6.45, 7) is 0.839. The van der Waals surface area contributed by atoms with Crippen LogP contribution in [0.1, 0.15) is 11.1 Å². The second kappa shape index (κ2) is 4.60. The number of anilines is 1. The lowest BCUT2D eigenvalue weighted by Crippen LogP contribution is -2.35. The zero-order valence-electron chi connectivity index (χ0n) is 11.2. The summed E-state index contributed by atoms with van der Waals surface area (Å²) in [5, 5.41) is 3.93. The number of nitrogens with zero attached hydrogens (tertiary/aromatic N) is 3. The minimum absolute atomic E-state index is 0.229. The van der Waals surface area contributed by atoms with Crippen LogP contribution in [0.2, 0.25) is 0 Å². The van der Waals surface area contributed by atoms with Crippen molar-refractivity contribution < 1.29 is 8.42 Å². The highest BCUT2D eigenvalue weighted by atomic mass is 32.2. The van der Waals surface area contributed by atoms with E-state index in [1.54, 1.807) is 7.05 Å². The molecule has 3 rings (SSSR count). The van der Waals surface area contributed by atoms with Gasteiger partial charge in [-0.2, -0.15) is 9.40 Å². The van der Waals surface area contributed by atoms with Gasteiger partial charge in [0.05, 0.1) is 6.20 Å². The van der Waals surface area contributed by atoms with Crippen LogP contribution in [-0.2, 0) is 30.0 Å². The molecule has 1 aromatic carbocycles. The number of hydrogen-bond acceptors (Lipinski definition) is 4. The molecule has 2 aromatic rings. The Morgan fingerprint density at radius 3 is 2.80 bits per heavy atom. The molecule has 0 saturated carbocycles. The minimum atomic E-state index is -3.49. The van der Waals surface area contributed by atoms with Crippen molar-refractivity contribution in [3.05, 3.63) is 41.7 Å². The Hall–Kier alpha value is -1.86. The zero-order valence-corrected chi connectivity index (χ0v) is 12.0. The quantitative estimate of drug-likeness (QED) is 0.828. The van der Waals surface area contributed by atoms with Gasteiger partial charge in [0.25, 0.3) is 0 Å². The van der Waals surface area contributed by atoms with E-state index in [1.807, 2.05) is 18.2 Å². The molecule has 20 heavy (non-hydrogen) atoms. The zero-order chi connectivity index (χ0) is 14.3. The van der Waals surface area contributed by atoms with E-state index < -0.39 is 10.0 Å². The summed E-state index contributed by atoms with van der Waals surface area (Å²) in [6, 6.07) is 5.67. The van der Waals surface area contributed by atoms with E-state index in [-0.39, 0.29) is 4.90 Å². The van der Waals surface area contributed by atoms with Crippen molar-refractivity contribution in [1.82, 2.24) is 14.1 Å². The average molecular weight is 292 g/mol. The van der Waals surface area contributed by atoms with E-state index in [0.29, 0.717) is 25.2 Å². The number of sulfonamides is 1. The van der Waals surface area contributed by atoms with Crippen molar-refractivity contribution in [2.24, 2.45) is 7.05 Å². The first-order chi connectivity index (χ1) is 9.46. The highest BCUT2D eigenvalue weighted by Gasteiger charge is 2.29. The van der Waals surface area contributed by atoms with Crippen LogP contribution in [0.5, 0.6) is 0 Å². The molecule has 0 radical (unpaired) electrons. The van der Waals surface area contributed by atoms with Crippen LogP contribution < -0.4 is 5.73 Å². The van der Waals surface area contributed by atoms with Gasteiger partial charge in [-0.25, -0.2) is 8.42 Å². The van der Waals surface area contributed by atoms with Gasteiger partial charge in [-0.05, 0) is 29.7 Å². The van der Waals surface area contributed by atoms with Crippen molar-refractivity contribution in [3.8, 4) is 0 Å². The molecule has 0 fully saturated rings. The summed E-state index contributed by atoms with van der Waals surface area (Å²) in [5.74, 6) is 0. The molecule has 0 spiro atoms. The van der Waals surface area contributed by atoms with Crippen molar-refractivity contribution in [1.29, 1.82) is 0 Å². The van der Waals surface area contributed by atoms with Gasteiger partial charge in [-0.3, -0.25) is 4.68 Å². The molecule has 0 unspecified atom stereocenters. The predicted molar refractivity (Wildman–Crippen MR) is 75.4 cm³/mol. The predicted octanol–water partition coefficient (Wildman–Crippen LogP) is 0.749. The van der Waals surface area contributed by atoms with Crippen LogP contribution in [0.25, 0.3) is 0 Å². The van der Waals surface area contributed by atoms with Crippen molar-refractivity contribution >= 4 is 15.7 Å². The van der Waals surface area contributed by atoms with Crippen molar-refractivity contribution in [2.45, 2.75) is 17.9 Å². The molecule has 106 valence electrons. The Morgan fingerprint density at radius 1 is 1.30 bits per heavy atom. The number of benzene rings is 1. The summed E-state index contributed by atoms with van der Waals surface area (Å²) in [6.07, 6.45) is 3.60. The van der Waals surface area contributed by atoms with Gasteiger partial charge in [0.15, 0.2) is 0 Å².